The van der Waals surface area contributed by atoms with Crippen LogP contribution in [0.15, 0.2) is 40.3 Å². The zero-order valence-electron chi connectivity index (χ0n) is 12.9. The zero-order valence-corrected chi connectivity index (χ0v) is 15.2. The standard InChI is InChI=1S/C16H16Cl2N2O2S/c1-10-6-11(2)16(12(3)7-10)23(21,22)20-19-9-13-4-5-14(17)15(18)8-13/h4-9,20H,1-3H3/b19-9+. The van der Waals surface area contributed by atoms with E-state index in [0.717, 1.165) is 5.56 Å². The van der Waals surface area contributed by atoms with Crippen LogP contribution in [0.3, 0.4) is 0 Å². The maximum absolute atomic E-state index is 12.4. The molecule has 2 rings (SSSR count). The Hall–Kier alpha value is -1.56. The lowest BCUT2D eigenvalue weighted by Gasteiger charge is -2.11. The van der Waals surface area contributed by atoms with Gasteiger partial charge in [-0.25, -0.2) is 4.83 Å². The molecule has 0 amide bonds. The number of halogens is 2. The van der Waals surface area contributed by atoms with Crippen LogP contribution in [0.1, 0.15) is 22.3 Å². The summed E-state index contributed by atoms with van der Waals surface area (Å²) < 4.78 is 24.8. The normalized spacial score (nSPS) is 11.9. The first-order valence-corrected chi connectivity index (χ1v) is 9.02. The molecule has 0 aliphatic rings. The first-order valence-electron chi connectivity index (χ1n) is 6.78. The summed E-state index contributed by atoms with van der Waals surface area (Å²) in [6.07, 6.45) is 1.37. The van der Waals surface area contributed by atoms with E-state index in [2.05, 4.69) is 9.93 Å². The second-order valence-electron chi connectivity index (χ2n) is 5.25. The number of hydrogen-bond acceptors (Lipinski definition) is 3. The van der Waals surface area contributed by atoms with E-state index < -0.39 is 10.0 Å². The third-order valence-electron chi connectivity index (χ3n) is 3.20. The van der Waals surface area contributed by atoms with E-state index in [9.17, 15) is 8.42 Å². The lowest BCUT2D eigenvalue weighted by atomic mass is 10.1. The topological polar surface area (TPSA) is 58.5 Å². The van der Waals surface area contributed by atoms with Gasteiger partial charge in [0.2, 0.25) is 0 Å². The number of nitrogens with one attached hydrogen (secondary N) is 1. The second-order valence-corrected chi connectivity index (χ2v) is 7.67. The van der Waals surface area contributed by atoms with Crippen molar-refractivity contribution in [3.63, 3.8) is 0 Å². The molecule has 2 aromatic rings. The number of hydrogen-bond donors (Lipinski definition) is 1. The maximum atomic E-state index is 12.4. The smallest absolute Gasteiger partial charge is 0.200 e. The predicted molar refractivity (Wildman–Crippen MR) is 95.0 cm³/mol. The van der Waals surface area contributed by atoms with Gasteiger partial charge >= 0.3 is 0 Å². The van der Waals surface area contributed by atoms with Crippen LogP contribution in [0.5, 0.6) is 0 Å². The molecule has 0 aliphatic heterocycles. The van der Waals surface area contributed by atoms with Crippen LogP contribution in [0.2, 0.25) is 10.0 Å². The number of aryl methyl sites for hydroxylation is 3. The summed E-state index contributed by atoms with van der Waals surface area (Å²) in [5.74, 6) is 0. The van der Waals surface area contributed by atoms with Crippen molar-refractivity contribution in [2.24, 2.45) is 5.10 Å². The van der Waals surface area contributed by atoms with Crippen LogP contribution < -0.4 is 4.83 Å². The van der Waals surface area contributed by atoms with Gasteiger partial charge in [0.15, 0.2) is 0 Å². The molecule has 0 radical (unpaired) electrons. The molecule has 4 nitrogen and oxygen atoms in total. The number of nitrogens with zero attached hydrogens (tertiary/aromatic N) is 1. The molecule has 0 bridgehead atoms. The summed E-state index contributed by atoms with van der Waals surface area (Å²) in [6, 6.07) is 8.56. The average molecular weight is 371 g/mol. The van der Waals surface area contributed by atoms with E-state index in [0.29, 0.717) is 26.7 Å². The third-order valence-corrected chi connectivity index (χ3v) is 5.47. The molecular weight excluding hydrogens is 355 g/mol. The number of hydrazone groups is 1. The van der Waals surface area contributed by atoms with Crippen molar-refractivity contribution in [2.75, 3.05) is 0 Å². The Morgan fingerprint density at radius 1 is 1.00 bits per heavy atom. The van der Waals surface area contributed by atoms with Crippen LogP contribution >= 0.6 is 23.2 Å². The lowest BCUT2D eigenvalue weighted by Crippen LogP contribution is -2.20. The van der Waals surface area contributed by atoms with Crippen LogP contribution in [0.25, 0.3) is 0 Å². The Labute approximate surface area is 146 Å². The van der Waals surface area contributed by atoms with Crippen molar-refractivity contribution in [1.82, 2.24) is 4.83 Å². The number of benzene rings is 2. The van der Waals surface area contributed by atoms with Crippen molar-refractivity contribution in [3.05, 3.63) is 62.6 Å². The molecular formula is C16H16Cl2N2O2S. The van der Waals surface area contributed by atoms with E-state index in [1.54, 1.807) is 32.0 Å². The molecule has 23 heavy (non-hydrogen) atoms. The largest absolute Gasteiger partial charge is 0.277 e. The Bertz CT molecular complexity index is 855. The second kappa shape index (κ2) is 6.91. The molecule has 0 saturated heterocycles. The molecule has 122 valence electrons. The molecule has 1 N–H and O–H groups in total. The minimum absolute atomic E-state index is 0.245. The van der Waals surface area contributed by atoms with Gasteiger partial charge in [-0.05, 0) is 49.6 Å². The van der Waals surface area contributed by atoms with Gasteiger partial charge in [-0.15, -0.1) is 0 Å². The highest BCUT2D eigenvalue weighted by molar-refractivity contribution is 7.89. The van der Waals surface area contributed by atoms with Gasteiger partial charge in [0.05, 0.1) is 21.2 Å². The molecule has 0 unspecified atom stereocenters. The number of rotatable bonds is 4. The predicted octanol–water partition coefficient (Wildman–Crippen LogP) is 4.23. The Balaban J connectivity index is 2.25. The van der Waals surface area contributed by atoms with Crippen LogP contribution in [-0.2, 0) is 10.0 Å². The fourth-order valence-electron chi connectivity index (χ4n) is 2.40. The van der Waals surface area contributed by atoms with Gasteiger partial charge in [-0.2, -0.15) is 13.5 Å². The van der Waals surface area contributed by atoms with E-state index in [-0.39, 0.29) is 4.90 Å². The van der Waals surface area contributed by atoms with E-state index in [1.807, 2.05) is 19.1 Å². The molecule has 7 heteroatoms. The fourth-order valence-corrected chi connectivity index (χ4v) is 3.95. The highest BCUT2D eigenvalue weighted by atomic mass is 35.5. The van der Waals surface area contributed by atoms with Crippen molar-refractivity contribution in [2.45, 2.75) is 25.7 Å². The highest BCUT2D eigenvalue weighted by Gasteiger charge is 2.19. The Morgan fingerprint density at radius 2 is 1.61 bits per heavy atom. The van der Waals surface area contributed by atoms with Crippen molar-refractivity contribution in [3.8, 4) is 0 Å². The summed E-state index contributed by atoms with van der Waals surface area (Å²) in [7, 11) is -3.73. The van der Waals surface area contributed by atoms with E-state index in [1.165, 1.54) is 6.21 Å². The van der Waals surface area contributed by atoms with Gasteiger partial charge < -0.3 is 0 Å². The molecule has 0 spiro atoms. The summed E-state index contributed by atoms with van der Waals surface area (Å²) in [5, 5.41) is 4.61. The van der Waals surface area contributed by atoms with Gasteiger partial charge in [-0.1, -0.05) is 47.0 Å². The molecule has 0 heterocycles. The van der Waals surface area contributed by atoms with Gasteiger partial charge in [0.25, 0.3) is 10.0 Å². The summed E-state index contributed by atoms with van der Waals surface area (Å²) in [4.78, 5) is 2.47. The monoisotopic (exact) mass is 370 g/mol. The summed E-state index contributed by atoms with van der Waals surface area (Å²) >= 11 is 11.7. The van der Waals surface area contributed by atoms with Gasteiger partial charge in [0.1, 0.15) is 0 Å². The van der Waals surface area contributed by atoms with Crippen molar-refractivity contribution in [1.29, 1.82) is 0 Å². The molecule has 2 aromatic carbocycles. The van der Waals surface area contributed by atoms with Crippen LogP contribution in [0.4, 0.5) is 0 Å². The average Bonchev–Trinajstić information content (AvgIpc) is 2.41. The first kappa shape index (κ1) is 17.8. The molecule has 0 saturated carbocycles. The number of sulfonamides is 1. The third kappa shape index (κ3) is 4.25. The van der Waals surface area contributed by atoms with Crippen molar-refractivity contribution < 1.29 is 8.42 Å². The minimum atomic E-state index is -3.73. The van der Waals surface area contributed by atoms with Crippen LogP contribution in [-0.4, -0.2) is 14.6 Å². The molecule has 0 aromatic heterocycles. The molecule has 0 aliphatic carbocycles. The molecule has 0 fully saturated rings. The van der Waals surface area contributed by atoms with Crippen molar-refractivity contribution >= 4 is 39.4 Å². The van der Waals surface area contributed by atoms with Gasteiger partial charge in [0, 0.05) is 0 Å². The lowest BCUT2D eigenvalue weighted by molar-refractivity contribution is 0.583. The van der Waals surface area contributed by atoms with Crippen LogP contribution in [0, 0.1) is 20.8 Å². The highest BCUT2D eigenvalue weighted by Crippen LogP contribution is 2.23. The fraction of sp³-hybridized carbons (Fsp3) is 0.188. The first-order chi connectivity index (χ1) is 10.7. The Kier molecular flexibility index (Phi) is 5.34. The SMILES string of the molecule is Cc1cc(C)c(S(=O)(=O)N/N=C/c2ccc(Cl)c(Cl)c2)c(C)c1. The minimum Gasteiger partial charge on any atom is -0.200 e. The molecule has 0 atom stereocenters. The zero-order chi connectivity index (χ0) is 17.2. The Morgan fingerprint density at radius 3 is 2.17 bits per heavy atom. The van der Waals surface area contributed by atoms with E-state index in [4.69, 9.17) is 23.2 Å². The summed E-state index contributed by atoms with van der Waals surface area (Å²) in [6.45, 7) is 5.45. The van der Waals surface area contributed by atoms with Gasteiger partial charge in [-0.3, -0.25) is 0 Å². The maximum Gasteiger partial charge on any atom is 0.277 e. The quantitative estimate of drug-likeness (QED) is 0.646. The summed E-state index contributed by atoms with van der Waals surface area (Å²) in [5.41, 5.74) is 3.01. The van der Waals surface area contributed by atoms with E-state index >= 15 is 0 Å².